The fourth-order valence-corrected chi connectivity index (χ4v) is 3.49. The number of rotatable bonds is 3. The topological polar surface area (TPSA) is 91.2 Å². The molecule has 26 heavy (non-hydrogen) atoms. The van der Waals surface area contributed by atoms with Gasteiger partial charge in [-0.3, -0.25) is 4.98 Å². The second-order valence-corrected chi connectivity index (χ2v) is 6.56. The third kappa shape index (κ3) is 2.94. The Hall–Kier alpha value is -2.80. The van der Waals surface area contributed by atoms with Crippen molar-refractivity contribution in [2.24, 2.45) is 0 Å². The van der Waals surface area contributed by atoms with E-state index in [-0.39, 0.29) is 23.0 Å². The molecule has 6 nitrogen and oxygen atoms in total. The number of nitrogens with one attached hydrogen (secondary N) is 1. The molecule has 2 heterocycles. The number of fused-ring (bicyclic) bond motifs is 1. The Bertz CT molecular complexity index is 930. The van der Waals surface area contributed by atoms with Gasteiger partial charge in [0.2, 0.25) is 0 Å². The molecule has 0 saturated heterocycles. The van der Waals surface area contributed by atoms with Gasteiger partial charge < -0.3 is 15.5 Å². The van der Waals surface area contributed by atoms with Gasteiger partial charge in [-0.1, -0.05) is 18.9 Å². The molecule has 4 rings (SSSR count). The molecular formula is C19H19FN4O2. The van der Waals surface area contributed by atoms with Gasteiger partial charge in [0.05, 0.1) is 17.7 Å². The van der Waals surface area contributed by atoms with Crippen molar-refractivity contribution >= 4 is 16.6 Å². The molecule has 1 aromatic carbocycles. The molecule has 2 atom stereocenters. The van der Waals surface area contributed by atoms with Gasteiger partial charge in [-0.2, -0.15) is 0 Å². The van der Waals surface area contributed by atoms with E-state index in [0.717, 1.165) is 25.7 Å². The van der Waals surface area contributed by atoms with Crippen LogP contribution in [-0.2, 0) is 0 Å². The average molecular weight is 354 g/mol. The summed E-state index contributed by atoms with van der Waals surface area (Å²) < 4.78 is 14.3. The van der Waals surface area contributed by atoms with E-state index in [1.807, 2.05) is 0 Å². The first kappa shape index (κ1) is 16.7. The van der Waals surface area contributed by atoms with E-state index >= 15 is 0 Å². The van der Waals surface area contributed by atoms with Crippen LogP contribution in [0.1, 0.15) is 25.7 Å². The van der Waals surface area contributed by atoms with Crippen molar-refractivity contribution in [3.63, 3.8) is 0 Å². The summed E-state index contributed by atoms with van der Waals surface area (Å²) in [5, 5.41) is 33.2. The molecule has 0 spiro atoms. The third-order valence-electron chi connectivity index (χ3n) is 4.86. The number of phenols is 1. The maximum Gasteiger partial charge on any atom is 0.158 e. The van der Waals surface area contributed by atoms with Crippen LogP contribution in [0.15, 0.2) is 36.7 Å². The molecule has 0 unspecified atom stereocenters. The van der Waals surface area contributed by atoms with E-state index in [0.29, 0.717) is 16.6 Å². The van der Waals surface area contributed by atoms with E-state index in [1.54, 1.807) is 18.5 Å². The minimum absolute atomic E-state index is 0.0143. The van der Waals surface area contributed by atoms with Crippen LogP contribution in [0.5, 0.6) is 5.75 Å². The summed E-state index contributed by atoms with van der Waals surface area (Å²) in [6, 6.07) is 5.74. The summed E-state index contributed by atoms with van der Waals surface area (Å²) in [7, 11) is 0. The van der Waals surface area contributed by atoms with Gasteiger partial charge in [-0.05, 0) is 31.0 Å². The largest absolute Gasteiger partial charge is 0.507 e. The number of phenolic OH excluding ortho intramolecular Hbond substituents is 1. The first-order valence-electron chi connectivity index (χ1n) is 8.68. The number of aliphatic hydroxyl groups is 1. The predicted molar refractivity (Wildman–Crippen MR) is 96.3 cm³/mol. The lowest BCUT2D eigenvalue weighted by Crippen LogP contribution is -2.36. The molecule has 1 aliphatic rings. The smallest absolute Gasteiger partial charge is 0.158 e. The van der Waals surface area contributed by atoms with Crippen LogP contribution in [0.2, 0.25) is 0 Å². The van der Waals surface area contributed by atoms with Crippen molar-refractivity contribution < 1.29 is 14.6 Å². The molecule has 2 aromatic heterocycles. The molecule has 3 aromatic rings. The normalized spacial score (nSPS) is 20.2. The van der Waals surface area contributed by atoms with E-state index < -0.39 is 11.9 Å². The Morgan fingerprint density at radius 1 is 1.08 bits per heavy atom. The predicted octanol–water partition coefficient (Wildman–Crippen LogP) is 3.25. The Labute approximate surface area is 149 Å². The zero-order valence-electron chi connectivity index (χ0n) is 14.1. The molecule has 3 N–H and O–H groups in total. The van der Waals surface area contributed by atoms with Crippen molar-refractivity contribution in [3.05, 3.63) is 42.5 Å². The zero-order chi connectivity index (χ0) is 18.1. The molecule has 0 amide bonds. The summed E-state index contributed by atoms with van der Waals surface area (Å²) in [4.78, 5) is 4.14. The second kappa shape index (κ2) is 6.84. The summed E-state index contributed by atoms with van der Waals surface area (Å²) >= 11 is 0. The van der Waals surface area contributed by atoms with Crippen molar-refractivity contribution in [2.45, 2.75) is 37.8 Å². The van der Waals surface area contributed by atoms with Crippen LogP contribution >= 0.6 is 0 Å². The first-order chi connectivity index (χ1) is 12.6. The van der Waals surface area contributed by atoms with Gasteiger partial charge in [-0.25, -0.2) is 4.39 Å². The highest BCUT2D eigenvalue weighted by Crippen LogP contribution is 2.36. The van der Waals surface area contributed by atoms with Gasteiger partial charge in [0, 0.05) is 23.2 Å². The van der Waals surface area contributed by atoms with Crippen LogP contribution in [0, 0.1) is 5.82 Å². The molecule has 1 fully saturated rings. The van der Waals surface area contributed by atoms with Gasteiger partial charge in [0.1, 0.15) is 17.3 Å². The van der Waals surface area contributed by atoms with E-state index in [4.69, 9.17) is 0 Å². The molecule has 0 bridgehead atoms. The number of hydrogen-bond donors (Lipinski definition) is 3. The summed E-state index contributed by atoms with van der Waals surface area (Å²) in [6.07, 6.45) is 6.43. The van der Waals surface area contributed by atoms with Crippen LogP contribution in [0.3, 0.4) is 0 Å². The van der Waals surface area contributed by atoms with Crippen molar-refractivity contribution in [1.82, 2.24) is 15.2 Å². The van der Waals surface area contributed by atoms with Crippen molar-refractivity contribution in [2.75, 3.05) is 5.32 Å². The summed E-state index contributed by atoms with van der Waals surface area (Å²) in [5.41, 5.74) is 0.271. The zero-order valence-corrected chi connectivity index (χ0v) is 14.1. The Balaban J connectivity index is 1.81. The summed E-state index contributed by atoms with van der Waals surface area (Å²) in [6.45, 7) is 0. The standard InChI is InChI=1S/C19H19FN4O2/c20-13-4-3-7-16(26)17(13)18-11-8-9-21-10-12(11)19(24-23-18)22-14-5-1-2-6-15(14)25/h3-4,7-10,14-15,25-26H,1-2,5-6H2,(H,22,24)/t14-,15+/m0/s1. The third-order valence-corrected chi connectivity index (χ3v) is 4.86. The highest BCUT2D eigenvalue weighted by Gasteiger charge is 2.25. The Morgan fingerprint density at radius 3 is 2.73 bits per heavy atom. The molecule has 0 aliphatic heterocycles. The Kier molecular flexibility index (Phi) is 4.38. The van der Waals surface area contributed by atoms with Gasteiger partial charge in [0.15, 0.2) is 5.82 Å². The fourth-order valence-electron chi connectivity index (χ4n) is 3.49. The lowest BCUT2D eigenvalue weighted by molar-refractivity contribution is 0.116. The first-order valence-corrected chi connectivity index (χ1v) is 8.68. The van der Waals surface area contributed by atoms with Crippen LogP contribution in [0.4, 0.5) is 10.2 Å². The number of aliphatic hydroxyl groups excluding tert-OH is 1. The number of halogens is 1. The maximum absolute atomic E-state index is 14.3. The highest BCUT2D eigenvalue weighted by molar-refractivity contribution is 6.00. The average Bonchev–Trinajstić information content (AvgIpc) is 2.65. The molecule has 7 heteroatoms. The number of anilines is 1. The molecule has 1 aliphatic carbocycles. The van der Waals surface area contributed by atoms with Crippen LogP contribution < -0.4 is 5.32 Å². The van der Waals surface area contributed by atoms with Crippen LogP contribution in [0.25, 0.3) is 22.0 Å². The van der Waals surface area contributed by atoms with E-state index in [9.17, 15) is 14.6 Å². The monoisotopic (exact) mass is 354 g/mol. The number of benzene rings is 1. The SMILES string of the molecule is Oc1cccc(F)c1-c1nnc(N[C@H]2CCCC[C@H]2O)c2cnccc12. The lowest BCUT2D eigenvalue weighted by atomic mass is 9.92. The number of aromatic hydroxyl groups is 1. The quantitative estimate of drug-likeness (QED) is 0.669. The summed E-state index contributed by atoms with van der Waals surface area (Å²) in [5.74, 6) is -0.264. The number of pyridine rings is 1. The number of hydrogen-bond acceptors (Lipinski definition) is 6. The van der Waals surface area contributed by atoms with Crippen molar-refractivity contribution in [3.8, 4) is 17.0 Å². The Morgan fingerprint density at radius 2 is 1.92 bits per heavy atom. The minimum atomic E-state index is -0.569. The molecule has 0 radical (unpaired) electrons. The molecule has 134 valence electrons. The van der Waals surface area contributed by atoms with Gasteiger partial charge >= 0.3 is 0 Å². The van der Waals surface area contributed by atoms with Crippen molar-refractivity contribution in [1.29, 1.82) is 0 Å². The minimum Gasteiger partial charge on any atom is -0.507 e. The lowest BCUT2D eigenvalue weighted by Gasteiger charge is -2.29. The maximum atomic E-state index is 14.3. The number of nitrogens with zero attached hydrogens (tertiary/aromatic N) is 3. The second-order valence-electron chi connectivity index (χ2n) is 6.56. The molecular weight excluding hydrogens is 335 g/mol. The highest BCUT2D eigenvalue weighted by atomic mass is 19.1. The molecule has 1 saturated carbocycles. The van der Waals surface area contributed by atoms with Gasteiger partial charge in [0.25, 0.3) is 0 Å². The van der Waals surface area contributed by atoms with E-state index in [1.165, 1.54) is 18.2 Å². The van der Waals surface area contributed by atoms with Crippen LogP contribution in [-0.4, -0.2) is 37.5 Å². The number of aromatic nitrogens is 3. The fraction of sp³-hybridized carbons (Fsp3) is 0.316. The van der Waals surface area contributed by atoms with Gasteiger partial charge in [-0.15, -0.1) is 10.2 Å². The van der Waals surface area contributed by atoms with E-state index in [2.05, 4.69) is 20.5 Å².